The van der Waals surface area contributed by atoms with Crippen LogP contribution in [0.15, 0.2) is 18.2 Å². The Bertz CT molecular complexity index is 411. The van der Waals surface area contributed by atoms with Crippen LogP contribution in [0, 0.1) is 0 Å². The summed E-state index contributed by atoms with van der Waals surface area (Å²) in [6, 6.07) is 3.71. The SMILES string of the molecule is NC(=S)Nc1ccc(Cl)c(OC(F)(F)F)c1. The molecule has 88 valence electrons. The summed E-state index contributed by atoms with van der Waals surface area (Å²) < 4.78 is 39.6. The van der Waals surface area contributed by atoms with Crippen LogP contribution in [-0.4, -0.2) is 11.5 Å². The minimum Gasteiger partial charge on any atom is -0.404 e. The Balaban J connectivity index is 2.95. The molecule has 0 unspecified atom stereocenters. The topological polar surface area (TPSA) is 47.3 Å². The number of halogens is 4. The lowest BCUT2D eigenvalue weighted by Crippen LogP contribution is -2.20. The van der Waals surface area contributed by atoms with Gasteiger partial charge in [0.1, 0.15) is 5.75 Å². The van der Waals surface area contributed by atoms with Crippen LogP contribution >= 0.6 is 23.8 Å². The van der Waals surface area contributed by atoms with Gasteiger partial charge in [0.05, 0.1) is 5.02 Å². The molecule has 3 nitrogen and oxygen atoms in total. The summed E-state index contributed by atoms with van der Waals surface area (Å²) in [7, 11) is 0. The van der Waals surface area contributed by atoms with E-state index in [0.29, 0.717) is 0 Å². The van der Waals surface area contributed by atoms with Crippen molar-refractivity contribution in [3.8, 4) is 5.75 Å². The molecular formula is C8H6ClF3N2OS. The smallest absolute Gasteiger partial charge is 0.404 e. The quantitative estimate of drug-likeness (QED) is 0.811. The Morgan fingerprint density at radius 3 is 2.56 bits per heavy atom. The molecule has 16 heavy (non-hydrogen) atoms. The first-order valence-electron chi connectivity index (χ1n) is 3.90. The Morgan fingerprint density at radius 1 is 1.44 bits per heavy atom. The monoisotopic (exact) mass is 270 g/mol. The highest BCUT2D eigenvalue weighted by Crippen LogP contribution is 2.32. The van der Waals surface area contributed by atoms with Gasteiger partial charge in [0.25, 0.3) is 0 Å². The van der Waals surface area contributed by atoms with E-state index in [2.05, 4.69) is 22.3 Å². The molecule has 8 heteroatoms. The number of rotatable bonds is 2. The Morgan fingerprint density at radius 2 is 2.06 bits per heavy atom. The number of ether oxygens (including phenoxy) is 1. The second-order valence-corrected chi connectivity index (χ2v) is 3.53. The van der Waals surface area contributed by atoms with E-state index < -0.39 is 12.1 Å². The average molecular weight is 271 g/mol. The highest BCUT2D eigenvalue weighted by atomic mass is 35.5. The molecule has 0 aromatic heterocycles. The molecule has 1 rings (SSSR count). The van der Waals surface area contributed by atoms with Gasteiger partial charge in [0.2, 0.25) is 0 Å². The van der Waals surface area contributed by atoms with Crippen LogP contribution in [0.2, 0.25) is 5.02 Å². The first kappa shape index (κ1) is 12.9. The largest absolute Gasteiger partial charge is 0.573 e. The standard InChI is InChI=1S/C8H6ClF3N2OS/c9-5-2-1-4(14-7(13)16)3-6(5)15-8(10,11)12/h1-3H,(H3,13,14,16). The van der Waals surface area contributed by atoms with Gasteiger partial charge in [-0.05, 0) is 24.4 Å². The van der Waals surface area contributed by atoms with E-state index in [1.54, 1.807) is 0 Å². The maximum Gasteiger partial charge on any atom is 0.573 e. The van der Waals surface area contributed by atoms with Crippen LogP contribution in [0.25, 0.3) is 0 Å². The molecule has 0 saturated heterocycles. The third kappa shape index (κ3) is 4.11. The summed E-state index contributed by atoms with van der Waals surface area (Å²) in [6.07, 6.45) is -4.80. The fourth-order valence-electron chi connectivity index (χ4n) is 0.926. The molecule has 0 aliphatic rings. The number of hydrogen-bond acceptors (Lipinski definition) is 2. The summed E-state index contributed by atoms with van der Waals surface area (Å²) in [5, 5.41) is 2.23. The number of benzene rings is 1. The maximum absolute atomic E-state index is 12.0. The van der Waals surface area contributed by atoms with Crippen molar-refractivity contribution in [1.29, 1.82) is 0 Å². The van der Waals surface area contributed by atoms with Crippen LogP contribution in [0.3, 0.4) is 0 Å². The molecule has 3 N–H and O–H groups in total. The van der Waals surface area contributed by atoms with E-state index >= 15 is 0 Å². The average Bonchev–Trinajstić information content (AvgIpc) is 2.07. The molecule has 1 aromatic rings. The lowest BCUT2D eigenvalue weighted by molar-refractivity contribution is -0.274. The lowest BCUT2D eigenvalue weighted by Gasteiger charge is -2.12. The van der Waals surface area contributed by atoms with Crippen molar-refractivity contribution >= 4 is 34.6 Å². The Kier molecular flexibility index (Phi) is 3.82. The molecular weight excluding hydrogens is 265 g/mol. The first-order valence-corrected chi connectivity index (χ1v) is 4.68. The van der Waals surface area contributed by atoms with Crippen molar-refractivity contribution in [2.24, 2.45) is 5.73 Å². The molecule has 0 spiro atoms. The second-order valence-electron chi connectivity index (χ2n) is 2.68. The molecule has 0 atom stereocenters. The van der Waals surface area contributed by atoms with Gasteiger partial charge in [-0.3, -0.25) is 0 Å². The fourth-order valence-corrected chi connectivity index (χ4v) is 1.20. The van der Waals surface area contributed by atoms with Gasteiger partial charge < -0.3 is 15.8 Å². The van der Waals surface area contributed by atoms with Gasteiger partial charge in [0.15, 0.2) is 5.11 Å². The lowest BCUT2D eigenvalue weighted by atomic mass is 10.3. The van der Waals surface area contributed by atoms with Crippen molar-refractivity contribution in [1.82, 2.24) is 0 Å². The first-order chi connectivity index (χ1) is 7.28. The molecule has 0 amide bonds. The van der Waals surface area contributed by atoms with E-state index in [4.69, 9.17) is 17.3 Å². The van der Waals surface area contributed by atoms with Gasteiger partial charge in [-0.2, -0.15) is 0 Å². The zero-order chi connectivity index (χ0) is 12.3. The zero-order valence-electron chi connectivity index (χ0n) is 7.64. The molecule has 0 saturated carbocycles. The number of nitrogens with two attached hydrogens (primary N) is 1. The van der Waals surface area contributed by atoms with Crippen LogP contribution in [0.5, 0.6) is 5.75 Å². The summed E-state index contributed by atoms with van der Waals surface area (Å²) in [5.41, 5.74) is 5.42. The molecule has 0 bridgehead atoms. The fraction of sp³-hybridized carbons (Fsp3) is 0.125. The van der Waals surface area contributed by atoms with Crippen molar-refractivity contribution in [2.45, 2.75) is 6.36 Å². The Hall–Kier alpha value is -1.21. The van der Waals surface area contributed by atoms with Gasteiger partial charge in [-0.15, -0.1) is 13.2 Å². The summed E-state index contributed by atoms with van der Waals surface area (Å²) in [4.78, 5) is 0. The normalized spacial score (nSPS) is 11.0. The van der Waals surface area contributed by atoms with Crippen LogP contribution in [0.1, 0.15) is 0 Å². The number of hydrogen-bond donors (Lipinski definition) is 2. The number of nitrogens with one attached hydrogen (secondary N) is 1. The third-order valence-electron chi connectivity index (χ3n) is 1.42. The maximum atomic E-state index is 12.0. The molecule has 0 aliphatic carbocycles. The summed E-state index contributed by atoms with van der Waals surface area (Å²) in [6.45, 7) is 0. The van der Waals surface area contributed by atoms with Gasteiger partial charge >= 0.3 is 6.36 Å². The molecule has 0 aliphatic heterocycles. The zero-order valence-corrected chi connectivity index (χ0v) is 9.21. The van der Waals surface area contributed by atoms with Gasteiger partial charge in [0, 0.05) is 11.8 Å². The number of alkyl halides is 3. The third-order valence-corrected chi connectivity index (χ3v) is 1.84. The minimum absolute atomic E-state index is 0.0692. The van der Waals surface area contributed by atoms with Crippen molar-refractivity contribution < 1.29 is 17.9 Å². The highest BCUT2D eigenvalue weighted by molar-refractivity contribution is 7.80. The van der Waals surface area contributed by atoms with Gasteiger partial charge in [-0.1, -0.05) is 11.6 Å². The molecule has 0 radical (unpaired) electrons. The number of thiocarbonyl (C=S) groups is 1. The Labute approximate surface area is 99.3 Å². The van der Waals surface area contributed by atoms with E-state index in [1.807, 2.05) is 0 Å². The number of anilines is 1. The van der Waals surface area contributed by atoms with E-state index in [1.165, 1.54) is 12.1 Å². The molecule has 1 aromatic carbocycles. The van der Waals surface area contributed by atoms with Crippen LogP contribution in [0.4, 0.5) is 18.9 Å². The summed E-state index contributed by atoms with van der Waals surface area (Å²) >= 11 is 10.1. The highest BCUT2D eigenvalue weighted by Gasteiger charge is 2.32. The van der Waals surface area contributed by atoms with Crippen molar-refractivity contribution in [3.63, 3.8) is 0 Å². The van der Waals surface area contributed by atoms with Crippen molar-refractivity contribution in [3.05, 3.63) is 23.2 Å². The molecule has 0 fully saturated rings. The van der Waals surface area contributed by atoms with Crippen LogP contribution < -0.4 is 15.8 Å². The molecule has 0 heterocycles. The predicted molar refractivity (Wildman–Crippen MR) is 58.5 cm³/mol. The second kappa shape index (κ2) is 4.75. The van der Waals surface area contributed by atoms with E-state index in [-0.39, 0.29) is 15.8 Å². The van der Waals surface area contributed by atoms with Crippen LogP contribution in [-0.2, 0) is 0 Å². The minimum atomic E-state index is -4.80. The predicted octanol–water partition coefficient (Wildman–Crippen LogP) is 2.89. The van der Waals surface area contributed by atoms with E-state index in [9.17, 15) is 13.2 Å². The van der Waals surface area contributed by atoms with E-state index in [0.717, 1.165) is 6.07 Å². The van der Waals surface area contributed by atoms with Crippen molar-refractivity contribution in [2.75, 3.05) is 5.32 Å². The van der Waals surface area contributed by atoms with Gasteiger partial charge in [-0.25, -0.2) is 0 Å². The summed E-state index contributed by atoms with van der Waals surface area (Å²) in [5.74, 6) is -0.518.